The van der Waals surface area contributed by atoms with E-state index in [4.69, 9.17) is 27.9 Å². The molecule has 2 rings (SSSR count). The number of nitrogens with zero attached hydrogens (tertiary/aromatic N) is 1. The van der Waals surface area contributed by atoms with Crippen molar-refractivity contribution in [1.82, 2.24) is 4.90 Å². The lowest BCUT2D eigenvalue weighted by molar-refractivity contribution is -0.146. The Balaban J connectivity index is 2.39. The molecule has 1 aromatic rings. The molecule has 1 saturated heterocycles. The van der Waals surface area contributed by atoms with Gasteiger partial charge in [0.2, 0.25) is 0 Å². The summed E-state index contributed by atoms with van der Waals surface area (Å²) in [6.07, 6.45) is 2.55. The number of benzene rings is 1. The van der Waals surface area contributed by atoms with E-state index in [0.29, 0.717) is 16.7 Å². The molecule has 1 aromatic carbocycles. The van der Waals surface area contributed by atoms with E-state index in [0.717, 1.165) is 31.5 Å². The minimum Gasteiger partial charge on any atom is -0.466 e. The van der Waals surface area contributed by atoms with Crippen LogP contribution in [0.1, 0.15) is 38.7 Å². The Morgan fingerprint density at radius 2 is 2.00 bits per heavy atom. The van der Waals surface area contributed by atoms with E-state index in [2.05, 4.69) is 4.90 Å². The Hall–Kier alpha value is -0.770. The molecule has 116 valence electrons. The van der Waals surface area contributed by atoms with E-state index in [1.807, 2.05) is 26.0 Å². The molecule has 1 atom stereocenters. The molecule has 1 heterocycles. The Morgan fingerprint density at radius 3 is 2.62 bits per heavy atom. The average Bonchev–Trinajstić information content (AvgIpc) is 2.96. The Morgan fingerprint density at radius 1 is 1.33 bits per heavy atom. The monoisotopic (exact) mass is 329 g/mol. The van der Waals surface area contributed by atoms with Crippen LogP contribution in [0.2, 0.25) is 10.0 Å². The number of hydrogen-bond acceptors (Lipinski definition) is 3. The first kappa shape index (κ1) is 16.6. The summed E-state index contributed by atoms with van der Waals surface area (Å²) in [6.45, 7) is 6.17. The van der Waals surface area contributed by atoms with Crippen LogP contribution in [-0.4, -0.2) is 30.6 Å². The van der Waals surface area contributed by atoms with Gasteiger partial charge in [-0.05, 0) is 51.4 Å². The summed E-state index contributed by atoms with van der Waals surface area (Å²) in [5, 5.41) is 1.04. The number of likely N-dealkylation sites (tertiary alicyclic amines) is 1. The second kappa shape index (κ2) is 6.99. The van der Waals surface area contributed by atoms with Crippen molar-refractivity contribution in [3.05, 3.63) is 33.8 Å². The second-order valence-electron chi connectivity index (χ2n) is 5.55. The highest BCUT2D eigenvalue weighted by molar-refractivity contribution is 6.42. The van der Waals surface area contributed by atoms with Gasteiger partial charge in [0.25, 0.3) is 0 Å². The van der Waals surface area contributed by atoms with Crippen LogP contribution in [0.3, 0.4) is 0 Å². The quantitative estimate of drug-likeness (QED) is 0.756. The van der Waals surface area contributed by atoms with Crippen molar-refractivity contribution in [2.75, 3.05) is 19.7 Å². The first-order chi connectivity index (χ1) is 9.99. The molecule has 1 fully saturated rings. The molecular weight excluding hydrogens is 309 g/mol. The van der Waals surface area contributed by atoms with Gasteiger partial charge in [0.1, 0.15) is 0 Å². The molecule has 0 spiro atoms. The van der Waals surface area contributed by atoms with Gasteiger partial charge in [-0.2, -0.15) is 0 Å². The van der Waals surface area contributed by atoms with Crippen LogP contribution < -0.4 is 0 Å². The van der Waals surface area contributed by atoms with E-state index < -0.39 is 5.54 Å². The van der Waals surface area contributed by atoms with Crippen LogP contribution in [0.15, 0.2) is 18.2 Å². The predicted molar refractivity (Wildman–Crippen MR) is 85.9 cm³/mol. The fourth-order valence-corrected chi connectivity index (χ4v) is 3.50. The summed E-state index contributed by atoms with van der Waals surface area (Å²) in [7, 11) is 0. The molecule has 0 aromatic heterocycles. The third-order valence-corrected chi connectivity index (χ3v) is 4.95. The highest BCUT2D eigenvalue weighted by Gasteiger charge is 2.39. The molecule has 1 unspecified atom stereocenters. The standard InChI is InChI=1S/C16H21Cl2NO2/c1-3-21-14(20)11-16(2,19-9-4-5-10-19)12-7-6-8-13(17)15(12)18/h6-8H,3-5,9-11H2,1-2H3. The molecule has 21 heavy (non-hydrogen) atoms. The van der Waals surface area contributed by atoms with Gasteiger partial charge in [0, 0.05) is 0 Å². The van der Waals surface area contributed by atoms with Gasteiger partial charge in [-0.25, -0.2) is 0 Å². The van der Waals surface area contributed by atoms with Gasteiger partial charge in [-0.3, -0.25) is 9.69 Å². The Bertz CT molecular complexity index is 515. The van der Waals surface area contributed by atoms with Crippen LogP contribution in [-0.2, 0) is 15.1 Å². The van der Waals surface area contributed by atoms with Gasteiger partial charge >= 0.3 is 5.97 Å². The van der Waals surface area contributed by atoms with E-state index >= 15 is 0 Å². The number of carbonyl (C=O) groups is 1. The van der Waals surface area contributed by atoms with Gasteiger partial charge < -0.3 is 4.74 Å². The number of esters is 1. The maximum absolute atomic E-state index is 12.1. The Labute approximate surface area is 136 Å². The molecule has 0 N–H and O–H groups in total. The van der Waals surface area contributed by atoms with Crippen molar-refractivity contribution in [3.8, 4) is 0 Å². The van der Waals surface area contributed by atoms with Crippen molar-refractivity contribution >= 4 is 29.2 Å². The van der Waals surface area contributed by atoms with Gasteiger partial charge in [0.05, 0.1) is 28.6 Å². The summed E-state index contributed by atoms with van der Waals surface area (Å²) >= 11 is 12.6. The summed E-state index contributed by atoms with van der Waals surface area (Å²) in [6, 6.07) is 5.59. The lowest BCUT2D eigenvalue weighted by Crippen LogP contribution is -2.44. The molecule has 0 radical (unpaired) electrons. The van der Waals surface area contributed by atoms with Gasteiger partial charge in [-0.1, -0.05) is 35.3 Å². The molecule has 1 aliphatic rings. The molecule has 0 saturated carbocycles. The first-order valence-electron chi connectivity index (χ1n) is 7.34. The number of rotatable bonds is 5. The molecule has 3 nitrogen and oxygen atoms in total. The third kappa shape index (κ3) is 3.53. The second-order valence-corrected chi connectivity index (χ2v) is 6.34. The van der Waals surface area contributed by atoms with Crippen molar-refractivity contribution in [2.24, 2.45) is 0 Å². The molecule has 0 amide bonds. The number of hydrogen-bond donors (Lipinski definition) is 0. The highest BCUT2D eigenvalue weighted by Crippen LogP contribution is 2.41. The topological polar surface area (TPSA) is 29.5 Å². The summed E-state index contributed by atoms with van der Waals surface area (Å²) in [4.78, 5) is 14.4. The lowest BCUT2D eigenvalue weighted by Gasteiger charge is -2.39. The van der Waals surface area contributed by atoms with Crippen LogP contribution in [0, 0.1) is 0 Å². The highest BCUT2D eigenvalue weighted by atomic mass is 35.5. The molecular formula is C16H21Cl2NO2. The van der Waals surface area contributed by atoms with E-state index in [-0.39, 0.29) is 12.4 Å². The fourth-order valence-electron chi connectivity index (χ4n) is 3.00. The van der Waals surface area contributed by atoms with Crippen LogP contribution in [0.25, 0.3) is 0 Å². The maximum atomic E-state index is 12.1. The van der Waals surface area contributed by atoms with Crippen molar-refractivity contribution in [2.45, 2.75) is 38.6 Å². The SMILES string of the molecule is CCOC(=O)CC(C)(c1cccc(Cl)c1Cl)N1CCCC1. The smallest absolute Gasteiger partial charge is 0.308 e. The first-order valence-corrected chi connectivity index (χ1v) is 8.10. The van der Waals surface area contributed by atoms with E-state index in [9.17, 15) is 4.79 Å². The van der Waals surface area contributed by atoms with E-state index in [1.165, 1.54) is 0 Å². The summed E-state index contributed by atoms with van der Waals surface area (Å²) in [5.74, 6) is -0.206. The maximum Gasteiger partial charge on any atom is 0.308 e. The van der Waals surface area contributed by atoms with Crippen molar-refractivity contribution in [1.29, 1.82) is 0 Å². The van der Waals surface area contributed by atoms with Gasteiger partial charge in [-0.15, -0.1) is 0 Å². The zero-order valence-corrected chi connectivity index (χ0v) is 14.0. The lowest BCUT2D eigenvalue weighted by atomic mass is 9.86. The average molecular weight is 330 g/mol. The largest absolute Gasteiger partial charge is 0.466 e. The summed E-state index contributed by atoms with van der Waals surface area (Å²) in [5.41, 5.74) is 0.414. The molecule has 5 heteroatoms. The molecule has 1 aliphatic heterocycles. The fraction of sp³-hybridized carbons (Fsp3) is 0.562. The number of ether oxygens (including phenoxy) is 1. The van der Waals surface area contributed by atoms with Crippen molar-refractivity contribution < 1.29 is 9.53 Å². The van der Waals surface area contributed by atoms with Crippen LogP contribution in [0.5, 0.6) is 0 Å². The Kier molecular flexibility index (Phi) is 5.53. The molecule has 0 bridgehead atoms. The minimum atomic E-state index is -0.481. The number of halogens is 2. The summed E-state index contributed by atoms with van der Waals surface area (Å²) < 4.78 is 5.15. The number of carbonyl (C=O) groups excluding carboxylic acids is 1. The van der Waals surface area contributed by atoms with Crippen LogP contribution in [0.4, 0.5) is 0 Å². The normalized spacial score (nSPS) is 18.5. The predicted octanol–water partition coefficient (Wildman–Crippen LogP) is 4.26. The third-order valence-electron chi connectivity index (χ3n) is 4.13. The zero-order valence-electron chi connectivity index (χ0n) is 12.5. The van der Waals surface area contributed by atoms with Crippen molar-refractivity contribution in [3.63, 3.8) is 0 Å². The van der Waals surface area contributed by atoms with Crippen LogP contribution >= 0.6 is 23.2 Å². The van der Waals surface area contributed by atoms with E-state index in [1.54, 1.807) is 6.07 Å². The minimum absolute atomic E-state index is 0.206. The zero-order chi connectivity index (χ0) is 15.5. The van der Waals surface area contributed by atoms with Gasteiger partial charge in [0.15, 0.2) is 0 Å². The molecule has 0 aliphatic carbocycles.